The molecule has 0 aromatic heterocycles. The van der Waals surface area contributed by atoms with E-state index in [1.54, 1.807) is 7.05 Å². The number of ether oxygens (including phenoxy) is 2. The Morgan fingerprint density at radius 1 is 1.47 bits per heavy atom. The molecule has 1 heterocycles. The zero-order valence-electron chi connectivity index (χ0n) is 11.2. The van der Waals surface area contributed by atoms with Gasteiger partial charge in [-0.2, -0.15) is 0 Å². The lowest BCUT2D eigenvalue weighted by Gasteiger charge is -2.20. The highest BCUT2D eigenvalue weighted by atomic mass is 16.5. The lowest BCUT2D eigenvalue weighted by Crippen LogP contribution is -2.36. The highest BCUT2D eigenvalue weighted by Crippen LogP contribution is 2.18. The van der Waals surface area contributed by atoms with Gasteiger partial charge in [-0.25, -0.2) is 0 Å². The smallest absolute Gasteiger partial charge is 0.323 e. The normalized spacial score (nSPS) is 31.2. The SMILES string of the molecule is CCCOC1CCC[C@H](NC)C(=O)OC(C)C1. The molecule has 100 valence electrons. The van der Waals surface area contributed by atoms with E-state index >= 15 is 0 Å². The third-order valence-corrected chi connectivity index (χ3v) is 3.12. The number of hydrogen-bond donors (Lipinski definition) is 1. The molecule has 0 aromatic carbocycles. The topological polar surface area (TPSA) is 47.6 Å². The third-order valence-electron chi connectivity index (χ3n) is 3.12. The Hall–Kier alpha value is -0.610. The Kier molecular flexibility index (Phi) is 6.52. The Morgan fingerprint density at radius 3 is 2.88 bits per heavy atom. The van der Waals surface area contributed by atoms with E-state index < -0.39 is 0 Å². The second-order valence-electron chi connectivity index (χ2n) is 4.75. The fraction of sp³-hybridized carbons (Fsp3) is 0.923. The van der Waals surface area contributed by atoms with Crippen molar-refractivity contribution in [1.82, 2.24) is 5.32 Å². The molecule has 4 nitrogen and oxygen atoms in total. The summed E-state index contributed by atoms with van der Waals surface area (Å²) >= 11 is 0. The Labute approximate surface area is 104 Å². The molecule has 1 saturated heterocycles. The molecule has 0 spiro atoms. The van der Waals surface area contributed by atoms with Gasteiger partial charge in [0.2, 0.25) is 0 Å². The Morgan fingerprint density at radius 2 is 2.24 bits per heavy atom. The highest BCUT2D eigenvalue weighted by molar-refractivity contribution is 5.75. The van der Waals surface area contributed by atoms with Crippen LogP contribution in [0.25, 0.3) is 0 Å². The molecule has 1 aliphatic rings. The highest BCUT2D eigenvalue weighted by Gasteiger charge is 2.25. The molecule has 1 aliphatic heterocycles. The fourth-order valence-electron chi connectivity index (χ4n) is 2.18. The van der Waals surface area contributed by atoms with E-state index in [-0.39, 0.29) is 24.2 Å². The van der Waals surface area contributed by atoms with Crippen LogP contribution in [0, 0.1) is 0 Å². The molecule has 1 fully saturated rings. The summed E-state index contributed by atoms with van der Waals surface area (Å²) in [6.07, 6.45) is 4.85. The molecule has 0 bridgehead atoms. The van der Waals surface area contributed by atoms with Crippen LogP contribution in [0.5, 0.6) is 0 Å². The number of carbonyl (C=O) groups excluding carboxylic acids is 1. The van der Waals surface area contributed by atoms with Crippen LogP contribution in [0.1, 0.15) is 46.0 Å². The van der Waals surface area contributed by atoms with Gasteiger partial charge in [0.05, 0.1) is 6.10 Å². The van der Waals surface area contributed by atoms with E-state index in [0.29, 0.717) is 0 Å². The first kappa shape index (κ1) is 14.5. The van der Waals surface area contributed by atoms with Gasteiger partial charge in [0.25, 0.3) is 0 Å². The summed E-state index contributed by atoms with van der Waals surface area (Å²) < 4.78 is 11.2. The van der Waals surface area contributed by atoms with Crippen molar-refractivity contribution in [3.8, 4) is 0 Å². The number of esters is 1. The van der Waals surface area contributed by atoms with Crippen molar-refractivity contribution in [3.05, 3.63) is 0 Å². The quantitative estimate of drug-likeness (QED) is 0.766. The van der Waals surface area contributed by atoms with Crippen molar-refractivity contribution >= 4 is 5.97 Å². The van der Waals surface area contributed by atoms with Gasteiger partial charge < -0.3 is 14.8 Å². The summed E-state index contributed by atoms with van der Waals surface area (Å²) in [5.41, 5.74) is 0. The molecule has 17 heavy (non-hydrogen) atoms. The van der Waals surface area contributed by atoms with Crippen LogP contribution in [0.4, 0.5) is 0 Å². The second kappa shape index (κ2) is 7.67. The number of nitrogens with one attached hydrogen (secondary N) is 1. The summed E-state index contributed by atoms with van der Waals surface area (Å²) in [4.78, 5) is 11.8. The minimum absolute atomic E-state index is 0.0571. The molecule has 0 radical (unpaired) electrons. The van der Waals surface area contributed by atoms with E-state index in [2.05, 4.69) is 12.2 Å². The van der Waals surface area contributed by atoms with Crippen molar-refractivity contribution in [2.24, 2.45) is 0 Å². The van der Waals surface area contributed by atoms with Gasteiger partial charge in [0.15, 0.2) is 0 Å². The molecule has 0 saturated carbocycles. The summed E-state index contributed by atoms with van der Waals surface area (Å²) in [7, 11) is 1.81. The number of hydrogen-bond acceptors (Lipinski definition) is 4. The lowest BCUT2D eigenvalue weighted by molar-refractivity contribution is -0.151. The summed E-state index contributed by atoms with van der Waals surface area (Å²) in [6.45, 7) is 4.84. The van der Waals surface area contributed by atoms with Crippen LogP contribution in [-0.2, 0) is 14.3 Å². The molecule has 0 aliphatic carbocycles. The molecule has 3 atom stereocenters. The van der Waals surface area contributed by atoms with Crippen LogP contribution in [0.15, 0.2) is 0 Å². The van der Waals surface area contributed by atoms with Crippen LogP contribution >= 0.6 is 0 Å². The number of cyclic esters (lactones) is 1. The standard InChI is InChI=1S/C13H25NO3/c1-4-8-16-11-6-5-7-12(14-3)13(15)17-10(2)9-11/h10-12,14H,4-9H2,1-3H3/t10?,11?,12-/m0/s1. The van der Waals surface area contributed by atoms with Crippen LogP contribution in [-0.4, -0.2) is 37.9 Å². The van der Waals surface area contributed by atoms with Gasteiger partial charge in [0.1, 0.15) is 12.1 Å². The molecule has 1 N–H and O–H groups in total. The predicted octanol–water partition coefficient (Wildman–Crippen LogP) is 1.88. The van der Waals surface area contributed by atoms with Gasteiger partial charge >= 0.3 is 5.97 Å². The first-order chi connectivity index (χ1) is 8.17. The summed E-state index contributed by atoms with van der Waals surface area (Å²) in [6, 6.07) is -0.164. The van der Waals surface area contributed by atoms with Gasteiger partial charge in [0, 0.05) is 13.0 Å². The van der Waals surface area contributed by atoms with Crippen LogP contribution < -0.4 is 5.32 Å². The zero-order chi connectivity index (χ0) is 12.7. The average Bonchev–Trinajstić information content (AvgIpc) is 2.36. The monoisotopic (exact) mass is 243 g/mol. The van der Waals surface area contributed by atoms with Crippen molar-refractivity contribution in [2.75, 3.05) is 13.7 Å². The predicted molar refractivity (Wildman–Crippen MR) is 66.9 cm³/mol. The molecule has 4 heteroatoms. The maximum absolute atomic E-state index is 11.8. The largest absolute Gasteiger partial charge is 0.461 e. The second-order valence-corrected chi connectivity index (χ2v) is 4.75. The van der Waals surface area contributed by atoms with E-state index in [4.69, 9.17) is 9.47 Å². The minimum Gasteiger partial charge on any atom is -0.461 e. The summed E-state index contributed by atoms with van der Waals surface area (Å²) in [5.74, 6) is -0.129. The van der Waals surface area contributed by atoms with Crippen LogP contribution in [0.3, 0.4) is 0 Å². The Bertz CT molecular complexity index is 233. The Balaban J connectivity index is 2.52. The number of rotatable bonds is 4. The molecular formula is C13H25NO3. The molecule has 1 rings (SSSR count). The van der Waals surface area contributed by atoms with Gasteiger partial charge in [-0.15, -0.1) is 0 Å². The van der Waals surface area contributed by atoms with E-state index in [0.717, 1.165) is 38.7 Å². The average molecular weight is 243 g/mol. The molecular weight excluding hydrogens is 218 g/mol. The maximum Gasteiger partial charge on any atom is 0.323 e. The molecule has 2 unspecified atom stereocenters. The van der Waals surface area contributed by atoms with Gasteiger partial charge in [-0.3, -0.25) is 4.79 Å². The first-order valence-electron chi connectivity index (χ1n) is 6.66. The number of likely N-dealkylation sites (N-methyl/N-ethyl adjacent to an activating group) is 1. The van der Waals surface area contributed by atoms with Crippen molar-refractivity contribution in [3.63, 3.8) is 0 Å². The maximum atomic E-state index is 11.8. The van der Waals surface area contributed by atoms with Crippen molar-refractivity contribution < 1.29 is 14.3 Å². The van der Waals surface area contributed by atoms with Gasteiger partial charge in [-0.1, -0.05) is 6.92 Å². The van der Waals surface area contributed by atoms with Crippen molar-refractivity contribution in [2.45, 2.75) is 64.2 Å². The molecule has 0 aromatic rings. The van der Waals surface area contributed by atoms with Crippen LogP contribution in [0.2, 0.25) is 0 Å². The van der Waals surface area contributed by atoms with E-state index in [9.17, 15) is 4.79 Å². The summed E-state index contributed by atoms with van der Waals surface area (Å²) in [5, 5.41) is 3.01. The van der Waals surface area contributed by atoms with Crippen molar-refractivity contribution in [1.29, 1.82) is 0 Å². The van der Waals surface area contributed by atoms with Gasteiger partial charge in [-0.05, 0) is 39.7 Å². The molecule has 0 amide bonds. The first-order valence-corrected chi connectivity index (χ1v) is 6.66. The fourth-order valence-corrected chi connectivity index (χ4v) is 2.18. The van der Waals surface area contributed by atoms with E-state index in [1.807, 2.05) is 6.92 Å². The van der Waals surface area contributed by atoms with E-state index in [1.165, 1.54) is 0 Å². The number of carbonyl (C=O) groups is 1. The lowest BCUT2D eigenvalue weighted by atomic mass is 10.0. The zero-order valence-corrected chi connectivity index (χ0v) is 11.2. The minimum atomic E-state index is -0.164. The third kappa shape index (κ3) is 5.04.